The Bertz CT molecular complexity index is 201. The van der Waals surface area contributed by atoms with Gasteiger partial charge >= 0.3 is 0 Å². The number of halogens is 2. The zero-order valence-corrected chi connectivity index (χ0v) is 8.47. The van der Waals surface area contributed by atoms with Gasteiger partial charge in [-0.3, -0.25) is 0 Å². The van der Waals surface area contributed by atoms with E-state index in [1.165, 1.54) is 4.88 Å². The van der Waals surface area contributed by atoms with Crippen LogP contribution in [0.3, 0.4) is 0 Å². The van der Waals surface area contributed by atoms with Crippen LogP contribution in [0.2, 0.25) is 0 Å². The molecule has 0 spiro atoms. The fourth-order valence-electron chi connectivity index (χ4n) is 0.640. The average Bonchev–Trinajstić information content (AvgIpc) is 2.31. The number of nitrogens with zero attached hydrogens (tertiary/aromatic N) is 1. The standard InChI is InChI=1S/C6H7BrClNS/c7-6-9-4-5(10-6)2-1-3-8/h4H,1-3H2. The highest BCUT2D eigenvalue weighted by Crippen LogP contribution is 2.19. The number of hydrogen-bond donors (Lipinski definition) is 0. The van der Waals surface area contributed by atoms with Gasteiger partial charge in [0.25, 0.3) is 0 Å². The van der Waals surface area contributed by atoms with E-state index in [-0.39, 0.29) is 0 Å². The quantitative estimate of drug-likeness (QED) is 0.740. The third-order valence-electron chi connectivity index (χ3n) is 1.08. The predicted octanol–water partition coefficient (Wildman–Crippen LogP) is 3.08. The van der Waals surface area contributed by atoms with Crippen LogP contribution in [0.25, 0.3) is 0 Å². The minimum atomic E-state index is 0.732. The molecule has 1 aromatic rings. The molecule has 1 aromatic heterocycles. The van der Waals surface area contributed by atoms with Gasteiger partial charge in [0.05, 0.1) is 0 Å². The minimum absolute atomic E-state index is 0.732. The fraction of sp³-hybridized carbons (Fsp3) is 0.500. The second-order valence-electron chi connectivity index (χ2n) is 1.87. The topological polar surface area (TPSA) is 12.9 Å². The van der Waals surface area contributed by atoms with Crippen molar-refractivity contribution in [2.45, 2.75) is 12.8 Å². The lowest BCUT2D eigenvalue weighted by Crippen LogP contribution is -1.79. The maximum absolute atomic E-state index is 5.53. The molecule has 0 atom stereocenters. The molecule has 0 N–H and O–H groups in total. The van der Waals surface area contributed by atoms with E-state index >= 15 is 0 Å². The first-order valence-corrected chi connectivity index (χ1v) is 5.13. The molecule has 1 nitrogen and oxygen atoms in total. The second-order valence-corrected chi connectivity index (χ2v) is 4.64. The molecule has 0 aliphatic carbocycles. The van der Waals surface area contributed by atoms with Crippen LogP contribution >= 0.6 is 38.9 Å². The van der Waals surface area contributed by atoms with Crippen molar-refractivity contribution in [3.05, 3.63) is 15.0 Å². The van der Waals surface area contributed by atoms with E-state index in [1.54, 1.807) is 11.3 Å². The second kappa shape index (κ2) is 4.31. The summed E-state index contributed by atoms with van der Waals surface area (Å²) in [5, 5.41) is 0. The Morgan fingerprint density at radius 3 is 3.00 bits per heavy atom. The summed E-state index contributed by atoms with van der Waals surface area (Å²) in [5.74, 6) is 0.732. The van der Waals surface area contributed by atoms with Gasteiger partial charge in [0.2, 0.25) is 0 Å². The Kier molecular flexibility index (Phi) is 3.66. The van der Waals surface area contributed by atoms with E-state index in [4.69, 9.17) is 11.6 Å². The smallest absolute Gasteiger partial charge is 0.159 e. The normalized spacial score (nSPS) is 10.2. The molecule has 0 saturated carbocycles. The van der Waals surface area contributed by atoms with Gasteiger partial charge in [-0.1, -0.05) is 0 Å². The Labute approximate surface area is 77.6 Å². The van der Waals surface area contributed by atoms with Crippen molar-refractivity contribution < 1.29 is 0 Å². The molecule has 0 bridgehead atoms. The van der Waals surface area contributed by atoms with E-state index in [1.807, 2.05) is 6.20 Å². The maximum Gasteiger partial charge on any atom is 0.159 e. The van der Waals surface area contributed by atoms with Gasteiger partial charge in [0, 0.05) is 17.0 Å². The number of alkyl halides is 1. The highest BCUT2D eigenvalue weighted by molar-refractivity contribution is 9.11. The largest absolute Gasteiger partial charge is 0.237 e. The van der Waals surface area contributed by atoms with Crippen LogP contribution in [0.15, 0.2) is 10.1 Å². The van der Waals surface area contributed by atoms with Gasteiger partial charge < -0.3 is 0 Å². The van der Waals surface area contributed by atoms with E-state index < -0.39 is 0 Å². The summed E-state index contributed by atoms with van der Waals surface area (Å²) in [7, 11) is 0. The summed E-state index contributed by atoms with van der Waals surface area (Å²) in [6.07, 6.45) is 3.98. The van der Waals surface area contributed by atoms with Crippen molar-refractivity contribution in [3.8, 4) is 0 Å². The highest BCUT2D eigenvalue weighted by Gasteiger charge is 1.96. The van der Waals surface area contributed by atoms with Crippen LogP contribution in [0.1, 0.15) is 11.3 Å². The molecule has 0 fully saturated rings. The highest BCUT2D eigenvalue weighted by atomic mass is 79.9. The zero-order chi connectivity index (χ0) is 7.40. The third kappa shape index (κ3) is 2.56. The molecular formula is C6H7BrClNS. The summed E-state index contributed by atoms with van der Waals surface area (Å²) >= 11 is 10.5. The molecule has 0 saturated heterocycles. The summed E-state index contributed by atoms with van der Waals surface area (Å²) in [4.78, 5) is 5.36. The summed E-state index contributed by atoms with van der Waals surface area (Å²) in [6.45, 7) is 0. The van der Waals surface area contributed by atoms with Crippen molar-refractivity contribution in [2.75, 3.05) is 5.88 Å². The van der Waals surface area contributed by atoms with Crippen LogP contribution in [-0.2, 0) is 6.42 Å². The monoisotopic (exact) mass is 239 g/mol. The lowest BCUT2D eigenvalue weighted by molar-refractivity contribution is 0.943. The number of aromatic nitrogens is 1. The maximum atomic E-state index is 5.53. The Hall–Kier alpha value is 0.400. The van der Waals surface area contributed by atoms with Crippen LogP contribution in [0.4, 0.5) is 0 Å². The molecule has 0 aliphatic heterocycles. The van der Waals surface area contributed by atoms with Gasteiger partial charge in [0.15, 0.2) is 3.92 Å². The summed E-state index contributed by atoms with van der Waals surface area (Å²) < 4.78 is 0.956. The van der Waals surface area contributed by atoms with Crippen LogP contribution in [0, 0.1) is 0 Å². The number of aryl methyl sites for hydroxylation is 1. The van der Waals surface area contributed by atoms with Crippen molar-refractivity contribution in [3.63, 3.8) is 0 Å². The van der Waals surface area contributed by atoms with Crippen LogP contribution in [-0.4, -0.2) is 10.9 Å². The van der Waals surface area contributed by atoms with Gasteiger partial charge in [0.1, 0.15) is 0 Å². The SMILES string of the molecule is ClCCCc1cnc(Br)s1. The van der Waals surface area contributed by atoms with Crippen molar-refractivity contribution in [1.29, 1.82) is 0 Å². The Morgan fingerprint density at radius 2 is 2.50 bits per heavy atom. The molecule has 0 unspecified atom stereocenters. The molecule has 0 amide bonds. The Morgan fingerprint density at radius 1 is 1.70 bits per heavy atom. The first kappa shape index (κ1) is 8.50. The van der Waals surface area contributed by atoms with E-state index in [0.29, 0.717) is 0 Å². The molecule has 10 heavy (non-hydrogen) atoms. The molecule has 0 aliphatic rings. The fourth-order valence-corrected chi connectivity index (χ4v) is 2.17. The molecule has 0 radical (unpaired) electrons. The molecule has 0 aromatic carbocycles. The van der Waals surface area contributed by atoms with Crippen molar-refractivity contribution in [2.24, 2.45) is 0 Å². The number of hydrogen-bond acceptors (Lipinski definition) is 2. The third-order valence-corrected chi connectivity index (χ3v) is 2.89. The lowest BCUT2D eigenvalue weighted by Gasteiger charge is -1.88. The van der Waals surface area contributed by atoms with E-state index in [9.17, 15) is 0 Å². The minimum Gasteiger partial charge on any atom is -0.237 e. The van der Waals surface area contributed by atoms with E-state index in [0.717, 1.165) is 22.6 Å². The van der Waals surface area contributed by atoms with Gasteiger partial charge in [-0.2, -0.15) is 0 Å². The lowest BCUT2D eigenvalue weighted by atomic mass is 10.3. The zero-order valence-electron chi connectivity index (χ0n) is 5.31. The molecule has 1 heterocycles. The van der Waals surface area contributed by atoms with Crippen LogP contribution < -0.4 is 0 Å². The predicted molar refractivity (Wildman–Crippen MR) is 48.9 cm³/mol. The number of rotatable bonds is 3. The average molecular weight is 241 g/mol. The molecule has 4 heteroatoms. The van der Waals surface area contributed by atoms with Gasteiger partial charge in [-0.15, -0.1) is 22.9 Å². The number of thiazole rings is 1. The molecule has 56 valence electrons. The van der Waals surface area contributed by atoms with Gasteiger partial charge in [-0.05, 0) is 28.8 Å². The van der Waals surface area contributed by atoms with Crippen LogP contribution in [0.5, 0.6) is 0 Å². The first-order chi connectivity index (χ1) is 4.83. The van der Waals surface area contributed by atoms with E-state index in [2.05, 4.69) is 20.9 Å². The molecule has 1 rings (SSSR count). The van der Waals surface area contributed by atoms with Crippen molar-refractivity contribution in [1.82, 2.24) is 4.98 Å². The summed E-state index contributed by atoms with van der Waals surface area (Å²) in [6, 6.07) is 0. The van der Waals surface area contributed by atoms with Gasteiger partial charge in [-0.25, -0.2) is 4.98 Å². The first-order valence-electron chi connectivity index (χ1n) is 2.99. The van der Waals surface area contributed by atoms with Crippen molar-refractivity contribution >= 4 is 38.9 Å². The molecular weight excluding hydrogens is 233 g/mol. The summed E-state index contributed by atoms with van der Waals surface area (Å²) in [5.41, 5.74) is 0. The Balaban J connectivity index is 2.42.